The number of amidine groups is 1. The molecule has 0 aromatic carbocycles. The Labute approximate surface area is 68.3 Å². The quantitative estimate of drug-likeness (QED) is 0.463. The molecule has 10 heavy (non-hydrogen) atoms. The lowest BCUT2D eigenvalue weighted by molar-refractivity contribution is 0.705. The Kier molecular flexibility index (Phi) is 4.45. The van der Waals surface area contributed by atoms with Crippen molar-refractivity contribution in [3.63, 3.8) is 0 Å². The summed E-state index contributed by atoms with van der Waals surface area (Å²) in [6, 6.07) is 0.551. The number of rotatable bonds is 1. The van der Waals surface area contributed by atoms with Crippen LogP contribution in [-0.2, 0) is 0 Å². The molecule has 0 saturated heterocycles. The van der Waals surface area contributed by atoms with E-state index in [9.17, 15) is 0 Å². The number of nitrogens with zero attached hydrogens (tertiary/aromatic N) is 1. The average Bonchev–Trinajstić information content (AvgIpc) is 2.15. The Hall–Kier alpha value is -0.240. The normalized spacial score (nSPS) is 20.7. The Morgan fingerprint density at radius 1 is 1.40 bits per heavy atom. The summed E-state index contributed by atoms with van der Waals surface area (Å²) >= 11 is 0. The fourth-order valence-electron chi connectivity index (χ4n) is 1.32. The first-order valence-corrected chi connectivity index (χ1v) is 3.59. The molecule has 0 amide bonds. The number of hydrogen-bond donors (Lipinski definition) is 1. The van der Waals surface area contributed by atoms with Crippen LogP contribution in [0.1, 0.15) is 32.6 Å². The molecule has 1 fully saturated rings. The lowest BCUT2D eigenvalue weighted by Gasteiger charge is -2.00. The maximum absolute atomic E-state index is 5.42. The second-order valence-corrected chi connectivity index (χ2v) is 2.71. The minimum absolute atomic E-state index is 0. The summed E-state index contributed by atoms with van der Waals surface area (Å²) in [6.45, 7) is 1.86. The Morgan fingerprint density at radius 3 is 2.30 bits per heavy atom. The molecular weight excluding hydrogens is 148 g/mol. The van der Waals surface area contributed by atoms with Gasteiger partial charge >= 0.3 is 0 Å². The van der Waals surface area contributed by atoms with Crippen molar-refractivity contribution in [3.05, 3.63) is 0 Å². The molecule has 0 radical (unpaired) electrons. The fourth-order valence-corrected chi connectivity index (χ4v) is 1.32. The number of halogens is 1. The lowest BCUT2D eigenvalue weighted by atomic mass is 10.3. The van der Waals surface area contributed by atoms with Gasteiger partial charge in [-0.3, -0.25) is 4.99 Å². The summed E-state index contributed by atoms with van der Waals surface area (Å²) in [4.78, 5) is 4.27. The van der Waals surface area contributed by atoms with E-state index in [1.165, 1.54) is 25.7 Å². The van der Waals surface area contributed by atoms with E-state index in [-0.39, 0.29) is 12.4 Å². The number of nitrogens with two attached hydrogens (primary N) is 1. The van der Waals surface area contributed by atoms with Crippen LogP contribution in [0.2, 0.25) is 0 Å². The molecule has 0 aromatic rings. The summed E-state index contributed by atoms with van der Waals surface area (Å²) in [5.74, 6) is 0.738. The predicted octanol–water partition coefficient (Wildman–Crippen LogP) is 1.73. The Bertz CT molecular complexity index is 113. The van der Waals surface area contributed by atoms with Crippen LogP contribution in [-0.4, -0.2) is 11.9 Å². The van der Waals surface area contributed by atoms with Gasteiger partial charge in [0.15, 0.2) is 0 Å². The van der Waals surface area contributed by atoms with Crippen molar-refractivity contribution >= 4 is 18.2 Å². The van der Waals surface area contributed by atoms with Crippen LogP contribution in [0.4, 0.5) is 0 Å². The van der Waals surface area contributed by atoms with Crippen molar-refractivity contribution in [2.75, 3.05) is 0 Å². The number of hydrogen-bond acceptors (Lipinski definition) is 1. The van der Waals surface area contributed by atoms with E-state index < -0.39 is 0 Å². The van der Waals surface area contributed by atoms with Gasteiger partial charge < -0.3 is 5.73 Å². The van der Waals surface area contributed by atoms with Crippen molar-refractivity contribution in [1.29, 1.82) is 0 Å². The second kappa shape index (κ2) is 4.56. The van der Waals surface area contributed by atoms with E-state index >= 15 is 0 Å². The van der Waals surface area contributed by atoms with E-state index in [4.69, 9.17) is 5.73 Å². The van der Waals surface area contributed by atoms with E-state index in [2.05, 4.69) is 4.99 Å². The molecule has 1 saturated carbocycles. The van der Waals surface area contributed by atoms with Gasteiger partial charge in [-0.2, -0.15) is 0 Å². The molecule has 2 N–H and O–H groups in total. The average molecular weight is 163 g/mol. The highest BCUT2D eigenvalue weighted by molar-refractivity contribution is 5.85. The van der Waals surface area contributed by atoms with E-state index in [0.717, 1.165) is 5.84 Å². The third-order valence-corrected chi connectivity index (χ3v) is 1.71. The van der Waals surface area contributed by atoms with Crippen molar-refractivity contribution in [1.82, 2.24) is 0 Å². The molecule has 2 nitrogen and oxygen atoms in total. The molecule has 60 valence electrons. The monoisotopic (exact) mass is 162 g/mol. The largest absolute Gasteiger partial charge is 0.388 e. The molecule has 0 spiro atoms. The molecule has 1 aliphatic rings. The molecular formula is C7H15ClN2. The Balaban J connectivity index is 0.000000810. The molecule has 0 unspecified atom stereocenters. The topological polar surface area (TPSA) is 38.4 Å². The van der Waals surface area contributed by atoms with Crippen LogP contribution in [0, 0.1) is 0 Å². The van der Waals surface area contributed by atoms with Crippen LogP contribution < -0.4 is 5.73 Å². The summed E-state index contributed by atoms with van der Waals surface area (Å²) in [7, 11) is 0. The minimum atomic E-state index is 0. The minimum Gasteiger partial charge on any atom is -0.388 e. The van der Waals surface area contributed by atoms with Gasteiger partial charge in [0, 0.05) is 0 Å². The first-order chi connectivity index (χ1) is 4.29. The molecule has 3 heteroatoms. The van der Waals surface area contributed by atoms with Crippen molar-refractivity contribution in [2.45, 2.75) is 38.6 Å². The van der Waals surface area contributed by atoms with Gasteiger partial charge in [-0.05, 0) is 19.8 Å². The van der Waals surface area contributed by atoms with Crippen LogP contribution in [0.15, 0.2) is 4.99 Å². The molecule has 0 bridgehead atoms. The van der Waals surface area contributed by atoms with Gasteiger partial charge in [0.25, 0.3) is 0 Å². The number of aliphatic imine (C=N–C) groups is 1. The van der Waals surface area contributed by atoms with Crippen molar-refractivity contribution in [3.8, 4) is 0 Å². The van der Waals surface area contributed by atoms with Gasteiger partial charge in [0.2, 0.25) is 0 Å². The lowest BCUT2D eigenvalue weighted by Crippen LogP contribution is -2.10. The molecule has 0 aliphatic heterocycles. The summed E-state index contributed by atoms with van der Waals surface area (Å²) in [5, 5.41) is 0. The molecule has 0 aromatic heterocycles. The van der Waals surface area contributed by atoms with E-state index in [0.29, 0.717) is 6.04 Å². The highest BCUT2D eigenvalue weighted by Gasteiger charge is 2.12. The Morgan fingerprint density at radius 2 is 1.90 bits per heavy atom. The van der Waals surface area contributed by atoms with E-state index in [1.807, 2.05) is 6.92 Å². The molecule has 0 atom stereocenters. The van der Waals surface area contributed by atoms with Gasteiger partial charge in [0.1, 0.15) is 0 Å². The third kappa shape index (κ3) is 3.06. The standard InChI is InChI=1S/C7H14N2.ClH/c1-6(8)9-7-4-2-3-5-7;/h7H,2-5H2,1H3,(H2,8,9);1H. The van der Waals surface area contributed by atoms with Crippen molar-refractivity contribution in [2.24, 2.45) is 10.7 Å². The molecule has 1 rings (SSSR count). The van der Waals surface area contributed by atoms with Crippen LogP contribution in [0.25, 0.3) is 0 Å². The molecule has 1 aliphatic carbocycles. The van der Waals surface area contributed by atoms with Crippen molar-refractivity contribution < 1.29 is 0 Å². The maximum Gasteiger partial charge on any atom is 0.0909 e. The van der Waals surface area contributed by atoms with Crippen LogP contribution in [0.3, 0.4) is 0 Å². The second-order valence-electron chi connectivity index (χ2n) is 2.71. The first kappa shape index (κ1) is 9.76. The summed E-state index contributed by atoms with van der Waals surface area (Å²) < 4.78 is 0. The van der Waals surface area contributed by atoms with Crippen LogP contribution in [0.5, 0.6) is 0 Å². The predicted molar refractivity (Wildman–Crippen MR) is 46.8 cm³/mol. The maximum atomic E-state index is 5.42. The zero-order valence-corrected chi connectivity index (χ0v) is 7.16. The highest BCUT2D eigenvalue weighted by Crippen LogP contribution is 2.20. The van der Waals surface area contributed by atoms with E-state index in [1.54, 1.807) is 0 Å². The highest BCUT2D eigenvalue weighted by atomic mass is 35.5. The van der Waals surface area contributed by atoms with Gasteiger partial charge in [-0.25, -0.2) is 0 Å². The third-order valence-electron chi connectivity index (χ3n) is 1.71. The smallest absolute Gasteiger partial charge is 0.0909 e. The van der Waals surface area contributed by atoms with Gasteiger partial charge in [0.05, 0.1) is 11.9 Å². The van der Waals surface area contributed by atoms with Crippen LogP contribution >= 0.6 is 12.4 Å². The molecule has 0 heterocycles. The zero-order chi connectivity index (χ0) is 6.69. The summed E-state index contributed by atoms with van der Waals surface area (Å²) in [5.41, 5.74) is 5.42. The van der Waals surface area contributed by atoms with Gasteiger partial charge in [-0.1, -0.05) is 12.8 Å². The van der Waals surface area contributed by atoms with Gasteiger partial charge in [-0.15, -0.1) is 12.4 Å². The first-order valence-electron chi connectivity index (χ1n) is 3.59. The SMILES string of the molecule is CC(N)=NC1CCCC1.Cl. The fraction of sp³-hybridized carbons (Fsp3) is 0.857. The zero-order valence-electron chi connectivity index (χ0n) is 6.34. The summed E-state index contributed by atoms with van der Waals surface area (Å²) in [6.07, 6.45) is 5.16.